The lowest BCUT2D eigenvalue weighted by Gasteiger charge is -2.53. The molecule has 490 valence electrons. The number of hydrogen-bond donors (Lipinski definition) is 22. The van der Waals surface area contributed by atoms with Gasteiger partial charge in [-0.05, 0) is 0 Å². The molecule has 0 aromatic heterocycles. The highest BCUT2D eigenvalue weighted by Crippen LogP contribution is 2.41. The second kappa shape index (κ2) is 30.2. The maximum Gasteiger partial charge on any atom is 0.364 e. The van der Waals surface area contributed by atoms with Crippen LogP contribution in [-0.2, 0) is 76.1 Å². The van der Waals surface area contributed by atoms with Crippen LogP contribution in [0.2, 0.25) is 0 Å². The molecule has 0 saturated carbocycles. The molecular weight excluding hydrogens is 1160 g/mol. The average molecular weight is 1240 g/mol. The summed E-state index contributed by atoms with van der Waals surface area (Å²) in [5.41, 5.74) is 0. The summed E-state index contributed by atoms with van der Waals surface area (Å²) in [6, 6.07) is -7.35. The molecule has 4 amide bonds. The van der Waals surface area contributed by atoms with Gasteiger partial charge in [0.25, 0.3) is 5.79 Å². The van der Waals surface area contributed by atoms with Crippen LogP contribution in [0, 0.1) is 0 Å². The third-order valence-corrected chi connectivity index (χ3v) is 15.0. The molecule has 0 radical (unpaired) electrons. The minimum atomic E-state index is -3.38. The number of carbonyl (C=O) groups is 5. The molecule has 0 aliphatic carbocycles. The van der Waals surface area contributed by atoms with Crippen molar-refractivity contribution in [2.45, 2.75) is 224 Å². The van der Waals surface area contributed by atoms with Crippen LogP contribution >= 0.6 is 0 Å². The molecule has 0 unspecified atom stereocenters. The van der Waals surface area contributed by atoms with E-state index in [9.17, 15) is 116 Å². The molecule has 31 atom stereocenters. The van der Waals surface area contributed by atoms with Crippen molar-refractivity contribution >= 4 is 29.6 Å². The molecule has 0 spiro atoms. The zero-order valence-electron chi connectivity index (χ0n) is 45.9. The van der Waals surface area contributed by atoms with Gasteiger partial charge in [-0.25, -0.2) is 4.79 Å². The minimum absolute atomic E-state index is 0.764. The van der Waals surface area contributed by atoms with Crippen LogP contribution in [0.15, 0.2) is 0 Å². The molecule has 0 aromatic rings. The van der Waals surface area contributed by atoms with Crippen molar-refractivity contribution < 1.29 is 168 Å². The SMILES string of the molecule is CC(=O)N[C@@H]1[C@@H](O[C@@H]2O[C@H](CO)[C@H](O[C@@H]3O[C@H](CO)[C@H](O)[C@H](O[C@@H]4O[C@H](CO)[C@H](O[C@@H]5O[C@H](CO)[C@H](O)[C@H](O)[C@H]5NC(C)=O)[C@H](O[C@]5(C(=O)O)C[C@H](O)[C@@H](NC(C)=O)[C@H]([C@H](O)[C@H](O)CO)O5)[C@H]4NC(C)=O)[C@H]3O)[C@H](O)[C@H]2O)[C@@H](O)[C@@H](CO)O[C@@H]1O. The Morgan fingerprint density at radius 1 is 0.459 bits per heavy atom. The molecular formula is C47H78N4O34. The van der Waals surface area contributed by atoms with Crippen LogP contribution in [0.1, 0.15) is 34.1 Å². The number of aliphatic hydroxyl groups excluding tert-OH is 17. The number of aliphatic hydroxyl groups is 17. The highest BCUT2D eigenvalue weighted by atomic mass is 16.8. The van der Waals surface area contributed by atoms with E-state index in [-0.39, 0.29) is 0 Å². The number of ether oxygens (including phenoxy) is 11. The quantitative estimate of drug-likeness (QED) is 0.0452. The second-order valence-electron chi connectivity index (χ2n) is 21.1. The Kier molecular flexibility index (Phi) is 24.9. The summed E-state index contributed by atoms with van der Waals surface area (Å²) in [5, 5.41) is 206. The molecule has 6 fully saturated rings. The number of carboxylic acids is 1. The summed E-state index contributed by atoms with van der Waals surface area (Å²) in [5.74, 6) is -9.14. The largest absolute Gasteiger partial charge is 0.477 e. The zero-order valence-corrected chi connectivity index (χ0v) is 45.9. The van der Waals surface area contributed by atoms with Gasteiger partial charge in [0.2, 0.25) is 23.6 Å². The van der Waals surface area contributed by atoms with Crippen LogP contribution in [0.3, 0.4) is 0 Å². The number of aliphatic carboxylic acids is 1. The van der Waals surface area contributed by atoms with E-state index in [2.05, 4.69) is 21.3 Å². The number of amides is 4. The van der Waals surface area contributed by atoms with Crippen molar-refractivity contribution in [1.82, 2.24) is 21.3 Å². The van der Waals surface area contributed by atoms with Gasteiger partial charge in [-0.15, -0.1) is 0 Å². The molecule has 22 N–H and O–H groups in total. The number of carbonyl (C=O) groups excluding carboxylic acids is 4. The summed E-state index contributed by atoms with van der Waals surface area (Å²) in [6.45, 7) is -2.80. The maximum absolute atomic E-state index is 13.7. The lowest BCUT2D eigenvalue weighted by Crippen LogP contribution is -2.73. The molecule has 6 aliphatic rings. The van der Waals surface area contributed by atoms with Gasteiger partial charge < -0.3 is 165 Å². The lowest BCUT2D eigenvalue weighted by atomic mass is 9.87. The van der Waals surface area contributed by atoms with E-state index in [1.54, 1.807) is 0 Å². The molecule has 38 nitrogen and oxygen atoms in total. The topological polar surface area (TPSA) is 599 Å². The molecule has 6 aliphatic heterocycles. The van der Waals surface area contributed by atoms with Crippen LogP contribution in [0.25, 0.3) is 0 Å². The fourth-order valence-electron chi connectivity index (χ4n) is 10.8. The van der Waals surface area contributed by atoms with Crippen molar-refractivity contribution in [1.29, 1.82) is 0 Å². The summed E-state index contributed by atoms with van der Waals surface area (Å²) in [7, 11) is 0. The zero-order chi connectivity index (χ0) is 63.3. The van der Waals surface area contributed by atoms with E-state index in [0.717, 1.165) is 27.7 Å². The standard InChI is InChI=1S/C47H78N4O34/c1-12(58)48-23-16(62)5-47(46(73)74,84-38(23)27(64)17(63)6-52)85-39-26(51-15(4)61)43(78-22(11-57)36(39)81-42-24(49-13(2)59)31(68)28(65)18(7-53)76-42)83-40-30(67)20(9-55)77-45(34(40)71)80-35-21(10-56)79-44(33(70)32(35)69)82-37-25(50-14(3)60)41(72)75-19(8-54)29(37)66/h16-45,52-57,62-72H,5-11H2,1-4H3,(H,48,58)(H,49,59)(H,50,60)(H,51,61)(H,73,74)/t16-,17+,18+,19+,20+,21+,22+,23+,24+,25+,26+,27+,28-,29-,30-,31+,32+,33+,34+,35-,36-,37+,38+,39+,40-,41-,42-,43-,44-,45-,47-/m0/s1. The second-order valence-corrected chi connectivity index (χ2v) is 21.1. The predicted molar refractivity (Wildman–Crippen MR) is 263 cm³/mol. The lowest BCUT2D eigenvalue weighted by molar-refractivity contribution is -0.395. The van der Waals surface area contributed by atoms with Crippen molar-refractivity contribution in [3.8, 4) is 0 Å². The summed E-state index contributed by atoms with van der Waals surface area (Å²) in [4.78, 5) is 63.9. The Morgan fingerprint density at radius 2 is 0.882 bits per heavy atom. The molecule has 38 heteroatoms. The first kappa shape index (κ1) is 70.3. The Morgan fingerprint density at radius 3 is 1.44 bits per heavy atom. The van der Waals surface area contributed by atoms with Crippen LogP contribution < -0.4 is 21.3 Å². The average Bonchev–Trinajstić information content (AvgIpc) is 2.12. The highest BCUT2D eigenvalue weighted by molar-refractivity contribution is 5.77. The van der Waals surface area contributed by atoms with Gasteiger partial charge in [-0.3, -0.25) is 19.2 Å². The number of hydrogen-bond acceptors (Lipinski definition) is 33. The van der Waals surface area contributed by atoms with Gasteiger partial charge in [-0.1, -0.05) is 0 Å². The molecule has 6 heterocycles. The van der Waals surface area contributed by atoms with Crippen LogP contribution in [-0.4, -0.2) is 351 Å². The third kappa shape index (κ3) is 15.6. The van der Waals surface area contributed by atoms with Crippen molar-refractivity contribution in [3.05, 3.63) is 0 Å². The van der Waals surface area contributed by atoms with Crippen molar-refractivity contribution in [3.63, 3.8) is 0 Å². The smallest absolute Gasteiger partial charge is 0.364 e. The maximum atomic E-state index is 13.7. The number of nitrogens with one attached hydrogen (secondary N) is 4. The fraction of sp³-hybridized carbons (Fsp3) is 0.894. The summed E-state index contributed by atoms with van der Waals surface area (Å²) in [6.07, 6.45) is -55.1. The van der Waals surface area contributed by atoms with Crippen LogP contribution in [0.4, 0.5) is 0 Å². The molecule has 85 heavy (non-hydrogen) atoms. The van der Waals surface area contributed by atoms with E-state index < -0.39 is 265 Å². The van der Waals surface area contributed by atoms with E-state index in [1.165, 1.54) is 0 Å². The fourth-order valence-corrected chi connectivity index (χ4v) is 10.8. The number of carboxylic acid groups (broad SMARTS) is 1. The monoisotopic (exact) mass is 1240 g/mol. The Labute approximate surface area is 481 Å². The molecule has 0 aromatic carbocycles. The Hall–Kier alpha value is -3.77. The molecule has 0 bridgehead atoms. The summed E-state index contributed by atoms with van der Waals surface area (Å²) >= 11 is 0. The highest BCUT2D eigenvalue weighted by Gasteiger charge is 2.63. The van der Waals surface area contributed by atoms with E-state index in [0.29, 0.717) is 0 Å². The normalized spacial score (nSPS) is 45.0. The van der Waals surface area contributed by atoms with Gasteiger partial charge in [0.1, 0.15) is 140 Å². The van der Waals surface area contributed by atoms with Gasteiger partial charge in [0.05, 0.1) is 51.8 Å². The van der Waals surface area contributed by atoms with Gasteiger partial charge in [-0.2, -0.15) is 0 Å². The summed E-state index contributed by atoms with van der Waals surface area (Å²) < 4.78 is 64.5. The first-order valence-corrected chi connectivity index (χ1v) is 26.7. The van der Waals surface area contributed by atoms with Gasteiger partial charge in [0, 0.05) is 34.1 Å². The van der Waals surface area contributed by atoms with E-state index in [1.807, 2.05) is 0 Å². The first-order valence-electron chi connectivity index (χ1n) is 26.7. The van der Waals surface area contributed by atoms with Gasteiger partial charge >= 0.3 is 5.97 Å². The predicted octanol–water partition coefficient (Wildman–Crippen LogP) is -14.3. The van der Waals surface area contributed by atoms with Crippen LogP contribution in [0.5, 0.6) is 0 Å². The molecule has 6 rings (SSSR count). The van der Waals surface area contributed by atoms with Crippen molar-refractivity contribution in [2.75, 3.05) is 39.6 Å². The van der Waals surface area contributed by atoms with Crippen molar-refractivity contribution in [2.24, 2.45) is 0 Å². The number of rotatable bonds is 23. The third-order valence-electron chi connectivity index (χ3n) is 15.0. The van der Waals surface area contributed by atoms with E-state index >= 15 is 0 Å². The van der Waals surface area contributed by atoms with Gasteiger partial charge in [0.15, 0.2) is 31.5 Å². The molecule has 6 saturated heterocycles. The Bertz CT molecular complexity index is 2210. The minimum Gasteiger partial charge on any atom is -0.477 e. The Balaban J connectivity index is 1.39. The van der Waals surface area contributed by atoms with E-state index in [4.69, 9.17) is 52.1 Å². The first-order chi connectivity index (χ1) is 40.0.